The lowest BCUT2D eigenvalue weighted by molar-refractivity contribution is 0.300. The first-order chi connectivity index (χ1) is 13.2. The van der Waals surface area contributed by atoms with Crippen molar-refractivity contribution in [3.8, 4) is 22.4 Å². The average Bonchev–Trinajstić information content (AvgIpc) is 3.11. The molecule has 0 aliphatic rings. The summed E-state index contributed by atoms with van der Waals surface area (Å²) < 4.78 is 2.03. The van der Waals surface area contributed by atoms with Crippen LogP contribution in [0.3, 0.4) is 0 Å². The Labute approximate surface area is 163 Å². The summed E-state index contributed by atoms with van der Waals surface area (Å²) >= 11 is 6.29. The number of aliphatic hydroxyl groups is 1. The summed E-state index contributed by atoms with van der Waals surface area (Å²) in [5.74, 6) is 0. The number of fused-ring (bicyclic) bond motifs is 1. The Bertz CT molecular complexity index is 1090. The fourth-order valence-corrected chi connectivity index (χ4v) is 3.82. The normalized spacial score (nSPS) is 11.2. The van der Waals surface area contributed by atoms with Crippen LogP contribution in [-0.2, 0) is 12.8 Å². The van der Waals surface area contributed by atoms with Crippen molar-refractivity contribution in [1.29, 1.82) is 0 Å². The van der Waals surface area contributed by atoms with Gasteiger partial charge in [-0.25, -0.2) is 4.52 Å². The van der Waals surface area contributed by atoms with Crippen LogP contribution < -0.4 is 0 Å². The van der Waals surface area contributed by atoms with E-state index in [1.54, 1.807) is 0 Å². The molecule has 0 fully saturated rings. The highest BCUT2D eigenvalue weighted by atomic mass is 35.5. The summed E-state index contributed by atoms with van der Waals surface area (Å²) in [6.45, 7) is 2.19. The minimum atomic E-state index is 0.0621. The Morgan fingerprint density at radius 3 is 2.44 bits per heavy atom. The summed E-state index contributed by atoms with van der Waals surface area (Å²) in [6.07, 6.45) is 1.42. The molecule has 0 aliphatic heterocycles. The van der Waals surface area contributed by atoms with E-state index in [2.05, 4.69) is 37.3 Å². The first kappa shape index (κ1) is 17.8. The molecule has 0 spiro atoms. The summed E-state index contributed by atoms with van der Waals surface area (Å²) in [5.41, 5.74) is 7.30. The molecule has 27 heavy (non-hydrogen) atoms. The quantitative estimate of drug-likeness (QED) is 0.505. The molecule has 0 radical (unpaired) electrons. The zero-order valence-corrected chi connectivity index (χ0v) is 15.9. The van der Waals surface area contributed by atoms with Gasteiger partial charge in [-0.1, -0.05) is 61.0 Å². The van der Waals surface area contributed by atoms with Crippen LogP contribution in [0.25, 0.3) is 27.9 Å². The number of rotatable bonds is 5. The van der Waals surface area contributed by atoms with Gasteiger partial charge in [0.1, 0.15) is 0 Å². The highest BCUT2D eigenvalue weighted by molar-refractivity contribution is 6.30. The Balaban J connectivity index is 2.12. The standard InChI is InChI=1S/C23H21ClN2O/c1-2-19-11-12-21-22(17-9-6-10-18(24)15-17)20(13-14-27)23(25-26(19)21)16-7-4-3-5-8-16/h3-12,15,27H,2,13-14H2,1H3. The van der Waals surface area contributed by atoms with Gasteiger partial charge >= 0.3 is 0 Å². The molecule has 4 rings (SSSR count). The monoisotopic (exact) mass is 376 g/mol. The first-order valence-corrected chi connectivity index (χ1v) is 9.56. The topological polar surface area (TPSA) is 37.5 Å². The van der Waals surface area contributed by atoms with Gasteiger partial charge in [0.2, 0.25) is 0 Å². The number of benzene rings is 2. The highest BCUT2D eigenvalue weighted by Crippen LogP contribution is 2.36. The maximum Gasteiger partial charge on any atom is 0.0952 e. The number of hydrogen-bond donors (Lipinski definition) is 1. The lowest BCUT2D eigenvalue weighted by atomic mass is 9.94. The molecular formula is C23H21ClN2O. The second kappa shape index (κ2) is 7.55. The van der Waals surface area contributed by atoms with Crippen molar-refractivity contribution in [1.82, 2.24) is 9.61 Å². The van der Waals surface area contributed by atoms with Crippen molar-refractivity contribution in [2.45, 2.75) is 19.8 Å². The molecule has 0 amide bonds. The third kappa shape index (κ3) is 3.25. The zero-order valence-electron chi connectivity index (χ0n) is 15.2. The SMILES string of the molecule is CCc1ccc2c(-c3cccc(Cl)c3)c(CCO)c(-c3ccccc3)nn12. The summed E-state index contributed by atoms with van der Waals surface area (Å²) in [5, 5.41) is 15.5. The lowest BCUT2D eigenvalue weighted by Crippen LogP contribution is -2.07. The average molecular weight is 377 g/mol. The van der Waals surface area contributed by atoms with E-state index in [-0.39, 0.29) is 6.61 Å². The van der Waals surface area contributed by atoms with Crippen LogP contribution in [-0.4, -0.2) is 21.3 Å². The Kier molecular flexibility index (Phi) is 4.97. The third-order valence-corrected chi connectivity index (χ3v) is 5.10. The number of halogens is 1. The van der Waals surface area contributed by atoms with E-state index in [9.17, 15) is 5.11 Å². The number of aliphatic hydroxyl groups excluding tert-OH is 1. The maximum atomic E-state index is 9.78. The summed E-state index contributed by atoms with van der Waals surface area (Å²) in [6, 6.07) is 22.3. The third-order valence-electron chi connectivity index (χ3n) is 4.86. The summed E-state index contributed by atoms with van der Waals surface area (Å²) in [7, 11) is 0. The van der Waals surface area contributed by atoms with Crippen LogP contribution in [0.15, 0.2) is 66.7 Å². The molecule has 136 valence electrons. The molecule has 2 aromatic carbocycles. The smallest absolute Gasteiger partial charge is 0.0952 e. The Hall–Kier alpha value is -2.62. The molecule has 3 nitrogen and oxygen atoms in total. The molecule has 4 heteroatoms. The van der Waals surface area contributed by atoms with E-state index in [1.165, 1.54) is 0 Å². The molecule has 0 aliphatic carbocycles. The van der Waals surface area contributed by atoms with Crippen molar-refractivity contribution in [3.63, 3.8) is 0 Å². The van der Waals surface area contributed by atoms with Crippen LogP contribution in [0.5, 0.6) is 0 Å². The molecule has 0 saturated carbocycles. The molecule has 4 aromatic rings. The van der Waals surface area contributed by atoms with Gasteiger partial charge in [0.15, 0.2) is 0 Å². The van der Waals surface area contributed by atoms with Crippen LogP contribution in [0.4, 0.5) is 0 Å². The van der Waals surface area contributed by atoms with Gasteiger partial charge < -0.3 is 5.11 Å². The Morgan fingerprint density at radius 1 is 0.963 bits per heavy atom. The first-order valence-electron chi connectivity index (χ1n) is 9.18. The van der Waals surface area contributed by atoms with Crippen molar-refractivity contribution >= 4 is 17.1 Å². The predicted molar refractivity (Wildman–Crippen MR) is 111 cm³/mol. The number of hydrogen-bond acceptors (Lipinski definition) is 2. The van der Waals surface area contributed by atoms with E-state index >= 15 is 0 Å². The van der Waals surface area contributed by atoms with Crippen LogP contribution in [0.1, 0.15) is 18.2 Å². The predicted octanol–water partition coefficient (Wildman–Crippen LogP) is 5.42. The number of aromatic nitrogens is 2. The molecular weight excluding hydrogens is 356 g/mol. The van der Waals surface area contributed by atoms with Crippen molar-refractivity contribution < 1.29 is 5.11 Å². The molecule has 0 unspecified atom stereocenters. The van der Waals surface area contributed by atoms with Crippen LogP contribution >= 0.6 is 11.6 Å². The van der Waals surface area contributed by atoms with E-state index in [4.69, 9.17) is 16.7 Å². The fourth-order valence-electron chi connectivity index (χ4n) is 3.63. The maximum absolute atomic E-state index is 9.78. The molecule has 0 bridgehead atoms. The van der Waals surface area contributed by atoms with Gasteiger partial charge in [-0.15, -0.1) is 0 Å². The van der Waals surface area contributed by atoms with E-state index < -0.39 is 0 Å². The van der Waals surface area contributed by atoms with Crippen LogP contribution in [0.2, 0.25) is 5.02 Å². The van der Waals surface area contributed by atoms with Crippen molar-refractivity contribution in [2.24, 2.45) is 0 Å². The fraction of sp³-hybridized carbons (Fsp3) is 0.174. The minimum Gasteiger partial charge on any atom is -0.396 e. The van der Waals surface area contributed by atoms with Gasteiger partial charge in [0.25, 0.3) is 0 Å². The molecule has 0 saturated heterocycles. The van der Waals surface area contributed by atoms with Gasteiger partial charge in [0, 0.05) is 28.5 Å². The summed E-state index contributed by atoms with van der Waals surface area (Å²) in [4.78, 5) is 0. The van der Waals surface area contributed by atoms with E-state index in [0.29, 0.717) is 11.4 Å². The largest absolute Gasteiger partial charge is 0.396 e. The van der Waals surface area contributed by atoms with Crippen molar-refractivity contribution in [3.05, 3.63) is 83.0 Å². The van der Waals surface area contributed by atoms with Gasteiger partial charge in [0.05, 0.1) is 11.2 Å². The zero-order chi connectivity index (χ0) is 18.8. The Morgan fingerprint density at radius 2 is 1.74 bits per heavy atom. The second-order valence-corrected chi connectivity index (χ2v) is 6.96. The van der Waals surface area contributed by atoms with Crippen LogP contribution in [0, 0.1) is 0 Å². The lowest BCUT2D eigenvalue weighted by Gasteiger charge is -2.17. The second-order valence-electron chi connectivity index (χ2n) is 6.53. The molecule has 2 aromatic heterocycles. The van der Waals surface area contributed by atoms with Crippen molar-refractivity contribution in [2.75, 3.05) is 6.61 Å². The minimum absolute atomic E-state index is 0.0621. The number of nitrogens with zero attached hydrogens (tertiary/aromatic N) is 2. The van der Waals surface area contributed by atoms with Gasteiger partial charge in [-0.05, 0) is 48.2 Å². The van der Waals surface area contributed by atoms with E-state index in [1.807, 2.05) is 40.9 Å². The van der Waals surface area contributed by atoms with Gasteiger partial charge in [-0.2, -0.15) is 5.10 Å². The molecule has 0 atom stereocenters. The molecule has 2 heterocycles. The van der Waals surface area contributed by atoms with Gasteiger partial charge in [-0.3, -0.25) is 0 Å². The van der Waals surface area contributed by atoms with E-state index in [0.717, 1.165) is 45.6 Å². The molecule has 1 N–H and O–H groups in total. The number of aryl methyl sites for hydroxylation is 1. The highest BCUT2D eigenvalue weighted by Gasteiger charge is 2.19.